The highest BCUT2D eigenvalue weighted by Crippen LogP contribution is 2.26. The summed E-state index contributed by atoms with van der Waals surface area (Å²) < 4.78 is 4.90. The lowest BCUT2D eigenvalue weighted by Gasteiger charge is -2.28. The van der Waals surface area contributed by atoms with Crippen molar-refractivity contribution in [2.45, 2.75) is 6.42 Å². The molecule has 2 aromatic carbocycles. The standard InChI is InChI=1S/C13H15N3.C9H12O3/c1-2-4-12-11(3-1)5-6-13(15-12)16-9-7-14-8-10-16;1-12-9-6-7(4-5-10)2-3-8(9)11/h1-6,14H,7-10H2;2-3,6,10-11H,4-5H2,1H3. The molecule has 28 heavy (non-hydrogen) atoms. The molecule has 2 heterocycles. The summed E-state index contributed by atoms with van der Waals surface area (Å²) in [5.41, 5.74) is 2.03. The fourth-order valence-electron chi connectivity index (χ4n) is 3.13. The van der Waals surface area contributed by atoms with Crippen LogP contribution in [0.4, 0.5) is 5.82 Å². The highest BCUT2D eigenvalue weighted by atomic mass is 16.5. The lowest BCUT2D eigenvalue weighted by molar-refractivity contribution is 0.299. The van der Waals surface area contributed by atoms with E-state index in [1.807, 2.05) is 6.07 Å². The Hall–Kier alpha value is -2.83. The minimum Gasteiger partial charge on any atom is -0.504 e. The average molecular weight is 381 g/mol. The summed E-state index contributed by atoms with van der Waals surface area (Å²) in [7, 11) is 1.50. The van der Waals surface area contributed by atoms with Gasteiger partial charge >= 0.3 is 0 Å². The normalized spacial score (nSPS) is 13.7. The fraction of sp³-hybridized carbons (Fsp3) is 0.318. The highest BCUT2D eigenvalue weighted by Gasteiger charge is 2.11. The number of pyridine rings is 1. The maximum atomic E-state index is 9.22. The van der Waals surface area contributed by atoms with E-state index in [1.165, 1.54) is 12.5 Å². The number of aromatic nitrogens is 1. The fourth-order valence-corrected chi connectivity index (χ4v) is 3.13. The van der Waals surface area contributed by atoms with E-state index in [0.29, 0.717) is 12.2 Å². The molecule has 0 saturated carbocycles. The molecule has 1 saturated heterocycles. The van der Waals surface area contributed by atoms with Gasteiger partial charge in [-0.3, -0.25) is 0 Å². The Morgan fingerprint density at radius 2 is 1.86 bits per heavy atom. The molecule has 0 atom stereocenters. The number of fused-ring (bicyclic) bond motifs is 1. The van der Waals surface area contributed by atoms with Gasteiger partial charge in [0.05, 0.1) is 12.6 Å². The lowest BCUT2D eigenvalue weighted by atomic mass is 10.1. The summed E-state index contributed by atoms with van der Waals surface area (Å²) >= 11 is 0. The summed E-state index contributed by atoms with van der Waals surface area (Å²) in [6.07, 6.45) is 0.580. The number of para-hydroxylation sites is 1. The largest absolute Gasteiger partial charge is 0.504 e. The molecule has 1 aliphatic heterocycles. The number of rotatable bonds is 4. The van der Waals surface area contributed by atoms with Crippen LogP contribution >= 0.6 is 0 Å². The van der Waals surface area contributed by atoms with Gasteiger partial charge in [-0.1, -0.05) is 24.3 Å². The Bertz CT molecular complexity index is 895. The molecule has 0 radical (unpaired) electrons. The number of aromatic hydroxyl groups is 1. The molecule has 1 aromatic heterocycles. The molecule has 3 N–H and O–H groups in total. The van der Waals surface area contributed by atoms with E-state index < -0.39 is 0 Å². The number of hydrogen-bond donors (Lipinski definition) is 3. The van der Waals surface area contributed by atoms with Crippen molar-refractivity contribution < 1.29 is 14.9 Å². The first-order valence-corrected chi connectivity index (χ1v) is 9.49. The minimum absolute atomic E-state index is 0.105. The number of phenols is 1. The number of methoxy groups -OCH3 is 1. The van der Waals surface area contributed by atoms with Crippen molar-refractivity contribution in [2.24, 2.45) is 0 Å². The van der Waals surface area contributed by atoms with Crippen molar-refractivity contribution in [3.05, 3.63) is 60.2 Å². The zero-order valence-corrected chi connectivity index (χ0v) is 16.1. The summed E-state index contributed by atoms with van der Waals surface area (Å²) in [6.45, 7) is 4.30. The van der Waals surface area contributed by atoms with Crippen LogP contribution in [-0.2, 0) is 6.42 Å². The van der Waals surface area contributed by atoms with E-state index in [9.17, 15) is 5.11 Å². The number of hydrogen-bond acceptors (Lipinski definition) is 6. The number of aliphatic hydroxyl groups is 1. The molecule has 148 valence electrons. The quantitative estimate of drug-likeness (QED) is 0.645. The Balaban J connectivity index is 0.000000169. The van der Waals surface area contributed by atoms with Gasteiger partial charge in [0.2, 0.25) is 0 Å². The molecule has 4 rings (SSSR count). The second kappa shape index (κ2) is 9.92. The van der Waals surface area contributed by atoms with E-state index in [1.54, 1.807) is 18.2 Å². The van der Waals surface area contributed by atoms with Gasteiger partial charge in [0.1, 0.15) is 5.82 Å². The summed E-state index contributed by atoms with van der Waals surface area (Å²) in [6, 6.07) is 17.6. The first kappa shape index (κ1) is 19.9. The Morgan fingerprint density at radius 3 is 2.61 bits per heavy atom. The number of anilines is 1. The first-order valence-electron chi connectivity index (χ1n) is 9.49. The van der Waals surface area contributed by atoms with Crippen molar-refractivity contribution in [3.63, 3.8) is 0 Å². The van der Waals surface area contributed by atoms with Crippen molar-refractivity contribution in [1.29, 1.82) is 0 Å². The topological polar surface area (TPSA) is 77.8 Å². The number of ether oxygens (including phenoxy) is 1. The van der Waals surface area contributed by atoms with Crippen LogP contribution < -0.4 is 15.0 Å². The zero-order valence-electron chi connectivity index (χ0n) is 16.1. The summed E-state index contributed by atoms with van der Waals surface area (Å²) in [5.74, 6) is 1.67. The highest BCUT2D eigenvalue weighted by molar-refractivity contribution is 5.80. The maximum absolute atomic E-state index is 9.22. The minimum atomic E-state index is 0.105. The average Bonchev–Trinajstić information content (AvgIpc) is 2.76. The maximum Gasteiger partial charge on any atom is 0.160 e. The van der Waals surface area contributed by atoms with E-state index in [0.717, 1.165) is 43.1 Å². The third-order valence-electron chi connectivity index (χ3n) is 4.67. The second-order valence-electron chi connectivity index (χ2n) is 6.58. The summed E-state index contributed by atoms with van der Waals surface area (Å²) in [4.78, 5) is 7.03. The molecule has 0 unspecified atom stereocenters. The van der Waals surface area contributed by atoms with E-state index in [-0.39, 0.29) is 12.4 Å². The van der Waals surface area contributed by atoms with Crippen LogP contribution in [0.25, 0.3) is 10.9 Å². The van der Waals surface area contributed by atoms with Gasteiger partial charge in [0.15, 0.2) is 11.5 Å². The van der Waals surface area contributed by atoms with Crippen LogP contribution in [0.5, 0.6) is 11.5 Å². The van der Waals surface area contributed by atoms with Crippen LogP contribution in [0.3, 0.4) is 0 Å². The molecule has 0 aliphatic carbocycles. The molecule has 1 fully saturated rings. The predicted octanol–water partition coefficient (Wildman–Crippen LogP) is 2.58. The van der Waals surface area contributed by atoms with Gasteiger partial charge in [-0.25, -0.2) is 4.98 Å². The van der Waals surface area contributed by atoms with Crippen LogP contribution in [0.1, 0.15) is 5.56 Å². The third kappa shape index (κ3) is 5.12. The SMILES string of the molecule is COc1cc(CCO)ccc1O.c1ccc2nc(N3CCNCC3)ccc2c1. The van der Waals surface area contributed by atoms with Crippen molar-refractivity contribution in [1.82, 2.24) is 10.3 Å². The zero-order chi connectivity index (χ0) is 19.8. The van der Waals surface area contributed by atoms with Crippen molar-refractivity contribution in [3.8, 4) is 11.5 Å². The monoisotopic (exact) mass is 381 g/mol. The molecule has 6 heteroatoms. The Morgan fingerprint density at radius 1 is 1.07 bits per heavy atom. The van der Waals surface area contributed by atoms with Crippen molar-refractivity contribution >= 4 is 16.7 Å². The van der Waals surface area contributed by atoms with Crippen molar-refractivity contribution in [2.75, 3.05) is 44.8 Å². The van der Waals surface area contributed by atoms with Gasteiger partial charge in [-0.05, 0) is 42.3 Å². The molecule has 3 aromatic rings. The smallest absolute Gasteiger partial charge is 0.160 e. The molecule has 0 amide bonds. The van der Waals surface area contributed by atoms with Gasteiger partial charge < -0.3 is 25.2 Å². The number of piperazine rings is 1. The molecule has 0 spiro atoms. The number of phenolic OH excluding ortho intramolecular Hbond substituents is 1. The van der Waals surface area contributed by atoms with Crippen LogP contribution in [0, 0.1) is 0 Å². The number of aliphatic hydroxyl groups excluding tert-OH is 1. The number of nitrogens with zero attached hydrogens (tertiary/aromatic N) is 2. The first-order chi connectivity index (χ1) is 13.7. The van der Waals surface area contributed by atoms with Crippen LogP contribution in [0.15, 0.2) is 54.6 Å². The Kier molecular flexibility index (Phi) is 7.06. The van der Waals surface area contributed by atoms with Crippen LogP contribution in [0.2, 0.25) is 0 Å². The molecule has 1 aliphatic rings. The van der Waals surface area contributed by atoms with E-state index in [2.05, 4.69) is 40.5 Å². The van der Waals surface area contributed by atoms with Crippen LogP contribution in [-0.4, -0.2) is 55.1 Å². The molecule has 0 bridgehead atoms. The second-order valence-corrected chi connectivity index (χ2v) is 6.58. The lowest BCUT2D eigenvalue weighted by Crippen LogP contribution is -2.43. The molecule has 6 nitrogen and oxygen atoms in total. The van der Waals surface area contributed by atoms with E-state index >= 15 is 0 Å². The number of benzene rings is 2. The molecular formula is C22H27N3O3. The predicted molar refractivity (Wildman–Crippen MR) is 112 cm³/mol. The van der Waals surface area contributed by atoms with Gasteiger partial charge in [0, 0.05) is 38.2 Å². The Labute approximate surface area is 165 Å². The van der Waals surface area contributed by atoms with Gasteiger partial charge in [0.25, 0.3) is 0 Å². The van der Waals surface area contributed by atoms with Gasteiger partial charge in [-0.15, -0.1) is 0 Å². The summed E-state index contributed by atoms with van der Waals surface area (Å²) in [5, 5.41) is 22.4. The number of nitrogens with one attached hydrogen (secondary N) is 1. The van der Waals surface area contributed by atoms with Gasteiger partial charge in [-0.2, -0.15) is 0 Å². The third-order valence-corrected chi connectivity index (χ3v) is 4.67. The molecular weight excluding hydrogens is 354 g/mol. The van der Waals surface area contributed by atoms with E-state index in [4.69, 9.17) is 14.8 Å².